The summed E-state index contributed by atoms with van der Waals surface area (Å²) in [7, 11) is 0. The van der Waals surface area contributed by atoms with Crippen LogP contribution in [-0.2, 0) is 5.54 Å². The number of aromatic nitrogens is 4. The van der Waals surface area contributed by atoms with Gasteiger partial charge in [-0.15, -0.1) is 10.2 Å². The number of fused-ring (bicyclic) bond motifs is 4. The molecule has 0 atom stereocenters. The summed E-state index contributed by atoms with van der Waals surface area (Å²) in [6, 6.07) is 29.0. The van der Waals surface area contributed by atoms with E-state index >= 15 is 0 Å². The number of pyridine rings is 2. The maximum absolute atomic E-state index is 13.9. The van der Waals surface area contributed by atoms with Crippen LogP contribution in [0.2, 0.25) is 0 Å². The lowest BCUT2D eigenvalue weighted by Gasteiger charge is -2.55. The molecule has 3 aromatic carbocycles. The van der Waals surface area contributed by atoms with Crippen LogP contribution >= 0.6 is 0 Å². The lowest BCUT2D eigenvalue weighted by atomic mass is 9.61. The number of carbonyl (C=O) groups is 2. The second-order valence-corrected chi connectivity index (χ2v) is 12.0. The van der Waals surface area contributed by atoms with Crippen molar-refractivity contribution in [3.8, 4) is 22.4 Å². The molecule has 1 aliphatic heterocycles. The van der Waals surface area contributed by atoms with E-state index in [1.807, 2.05) is 60.7 Å². The highest BCUT2D eigenvalue weighted by molar-refractivity contribution is 6.22. The zero-order valence-electron chi connectivity index (χ0n) is 24.0. The van der Waals surface area contributed by atoms with Crippen LogP contribution in [0.1, 0.15) is 58.3 Å². The number of imide groups is 1. The van der Waals surface area contributed by atoms with Crippen molar-refractivity contribution in [2.45, 2.75) is 37.3 Å². The van der Waals surface area contributed by atoms with Crippen molar-refractivity contribution in [3.05, 3.63) is 120 Å². The number of carbonyl (C=O) groups excluding carboxylic acids is 2. The highest BCUT2D eigenvalue weighted by atomic mass is 19.3. The smallest absolute Gasteiger partial charge is 0.297 e. The van der Waals surface area contributed by atoms with Crippen LogP contribution in [0.5, 0.6) is 0 Å². The molecule has 10 heteroatoms. The van der Waals surface area contributed by atoms with E-state index in [0.717, 1.165) is 22.3 Å². The molecule has 8 rings (SSSR count). The number of rotatable bonds is 5. The lowest BCUT2D eigenvalue weighted by molar-refractivity contribution is -0.118. The van der Waals surface area contributed by atoms with E-state index in [1.165, 1.54) is 9.30 Å². The Kier molecular flexibility index (Phi) is 5.79. The Morgan fingerprint density at radius 2 is 1.42 bits per heavy atom. The molecule has 0 bridgehead atoms. The van der Waals surface area contributed by atoms with Crippen LogP contribution in [0, 0.1) is 0 Å². The maximum Gasteiger partial charge on any atom is 0.297 e. The predicted octanol–water partition coefficient (Wildman–Crippen LogP) is 6.59. The third kappa shape index (κ3) is 4.02. The monoisotopic (exact) mass is 601 g/mol. The lowest BCUT2D eigenvalue weighted by Crippen LogP contribution is -2.63. The molecule has 1 aliphatic carbocycles. The van der Waals surface area contributed by atoms with Crippen molar-refractivity contribution in [1.29, 1.82) is 0 Å². The molecule has 1 fully saturated rings. The number of hydrogen-bond donors (Lipinski definition) is 1. The minimum absolute atomic E-state index is 0.204. The number of halogens is 2. The summed E-state index contributed by atoms with van der Waals surface area (Å²) in [6.07, 6.45) is -2.41. The third-order valence-electron chi connectivity index (χ3n) is 8.92. The van der Waals surface area contributed by atoms with Gasteiger partial charge in [0, 0.05) is 24.0 Å². The molecule has 0 unspecified atom stereocenters. The molecule has 1 saturated carbocycles. The van der Waals surface area contributed by atoms with E-state index < -0.39 is 23.4 Å². The summed E-state index contributed by atoms with van der Waals surface area (Å²) in [5, 5.41) is 18.5. The summed E-state index contributed by atoms with van der Waals surface area (Å²) in [4.78, 5) is 33.3. The molecule has 3 aromatic heterocycles. The fourth-order valence-corrected chi connectivity index (χ4v) is 7.05. The number of amides is 2. The molecular formula is C35H25F2N5O3. The standard InChI is InChI=1S/C35H25F2N5O3/c1-34(45)18-35(19-34,42-32(43)23-9-5-6-10-24(23)33(42)44)22-13-11-21(12-14-22)29-25(20-7-3-2-4-8-20)17-27-26(38-29)15-16-28-39-40-31(30(36)37)41(27)28/h2-17,30,45H,18-19H2,1H3. The Bertz CT molecular complexity index is 2130. The van der Waals surface area contributed by atoms with E-state index in [-0.39, 0.29) is 24.7 Å². The summed E-state index contributed by atoms with van der Waals surface area (Å²) >= 11 is 0. The first-order valence-corrected chi connectivity index (χ1v) is 14.5. The van der Waals surface area contributed by atoms with Gasteiger partial charge in [0.05, 0.1) is 39.0 Å². The molecule has 2 aliphatic rings. The van der Waals surface area contributed by atoms with E-state index in [2.05, 4.69) is 10.2 Å². The SMILES string of the molecule is CC1(O)CC(c2ccc(-c3nc4ccc5nnc(C(F)F)n5c4cc3-c3ccccc3)cc2)(N2C(=O)c3ccccc3C2=O)C1. The van der Waals surface area contributed by atoms with Crippen LogP contribution < -0.4 is 0 Å². The van der Waals surface area contributed by atoms with Crippen molar-refractivity contribution in [3.63, 3.8) is 0 Å². The summed E-state index contributed by atoms with van der Waals surface area (Å²) in [5.41, 5.74) is 3.55. The highest BCUT2D eigenvalue weighted by Gasteiger charge is 2.60. The largest absolute Gasteiger partial charge is 0.390 e. The average molecular weight is 602 g/mol. The number of aliphatic hydroxyl groups is 1. The number of hydrogen-bond acceptors (Lipinski definition) is 6. The molecular weight excluding hydrogens is 576 g/mol. The van der Waals surface area contributed by atoms with Gasteiger partial charge in [0.2, 0.25) is 5.82 Å². The molecule has 6 aromatic rings. The molecule has 2 amide bonds. The molecule has 0 spiro atoms. The fraction of sp³-hybridized carbons (Fsp3) is 0.171. The van der Waals surface area contributed by atoms with E-state index in [4.69, 9.17) is 4.98 Å². The van der Waals surface area contributed by atoms with E-state index in [1.54, 1.807) is 43.3 Å². The van der Waals surface area contributed by atoms with Gasteiger partial charge in [-0.3, -0.25) is 18.9 Å². The summed E-state index contributed by atoms with van der Waals surface area (Å²) < 4.78 is 29.1. The zero-order chi connectivity index (χ0) is 31.1. The highest BCUT2D eigenvalue weighted by Crippen LogP contribution is 2.54. The Balaban J connectivity index is 1.27. The maximum atomic E-state index is 13.9. The van der Waals surface area contributed by atoms with Crippen LogP contribution in [0.15, 0.2) is 97.1 Å². The Morgan fingerprint density at radius 3 is 2.04 bits per heavy atom. The minimum Gasteiger partial charge on any atom is -0.390 e. The van der Waals surface area contributed by atoms with Crippen molar-refractivity contribution in [2.24, 2.45) is 0 Å². The molecule has 1 N–H and O–H groups in total. The molecule has 222 valence electrons. The summed E-state index contributed by atoms with van der Waals surface area (Å²) in [6.45, 7) is 1.70. The Labute approximate surface area is 255 Å². The average Bonchev–Trinajstić information content (AvgIpc) is 3.59. The van der Waals surface area contributed by atoms with Gasteiger partial charge in [0.1, 0.15) is 0 Å². The molecule has 0 radical (unpaired) electrons. The van der Waals surface area contributed by atoms with Crippen LogP contribution in [0.3, 0.4) is 0 Å². The van der Waals surface area contributed by atoms with Gasteiger partial charge >= 0.3 is 0 Å². The van der Waals surface area contributed by atoms with Gasteiger partial charge in [-0.1, -0.05) is 66.7 Å². The Morgan fingerprint density at radius 1 is 0.778 bits per heavy atom. The fourth-order valence-electron chi connectivity index (χ4n) is 7.05. The second kappa shape index (κ2) is 9.57. The third-order valence-corrected chi connectivity index (χ3v) is 8.92. The molecule has 4 heterocycles. The van der Waals surface area contributed by atoms with Gasteiger partial charge < -0.3 is 5.11 Å². The van der Waals surface area contributed by atoms with Crippen molar-refractivity contribution >= 4 is 28.5 Å². The van der Waals surface area contributed by atoms with E-state index in [0.29, 0.717) is 33.5 Å². The molecule has 8 nitrogen and oxygen atoms in total. The van der Waals surface area contributed by atoms with Crippen molar-refractivity contribution < 1.29 is 23.5 Å². The minimum atomic E-state index is -2.82. The van der Waals surface area contributed by atoms with E-state index in [9.17, 15) is 23.5 Å². The van der Waals surface area contributed by atoms with Crippen LogP contribution in [0.4, 0.5) is 8.78 Å². The van der Waals surface area contributed by atoms with Crippen molar-refractivity contribution in [1.82, 2.24) is 24.5 Å². The van der Waals surface area contributed by atoms with Crippen LogP contribution in [0.25, 0.3) is 39.1 Å². The quantitative estimate of drug-likeness (QED) is 0.224. The number of benzene rings is 3. The number of nitrogens with zero attached hydrogens (tertiary/aromatic N) is 5. The van der Waals surface area contributed by atoms with Crippen molar-refractivity contribution in [2.75, 3.05) is 0 Å². The first kappa shape index (κ1) is 27.2. The van der Waals surface area contributed by atoms with Gasteiger partial charge in [-0.2, -0.15) is 0 Å². The molecule has 0 saturated heterocycles. The first-order chi connectivity index (χ1) is 21.7. The second-order valence-electron chi connectivity index (χ2n) is 12.0. The number of alkyl halides is 2. The van der Waals surface area contributed by atoms with Crippen LogP contribution in [-0.4, -0.2) is 47.0 Å². The topological polar surface area (TPSA) is 101 Å². The predicted molar refractivity (Wildman–Crippen MR) is 163 cm³/mol. The molecule has 45 heavy (non-hydrogen) atoms. The van der Waals surface area contributed by atoms with Gasteiger partial charge in [0.25, 0.3) is 18.2 Å². The van der Waals surface area contributed by atoms with Gasteiger partial charge in [-0.25, -0.2) is 13.8 Å². The summed E-state index contributed by atoms with van der Waals surface area (Å²) in [5.74, 6) is -1.20. The van der Waals surface area contributed by atoms with Gasteiger partial charge in [-0.05, 0) is 48.4 Å². The zero-order valence-corrected chi connectivity index (χ0v) is 24.0. The normalized spacial score (nSPS) is 21.1. The Hall–Kier alpha value is -5.35. The first-order valence-electron chi connectivity index (χ1n) is 14.5. The van der Waals surface area contributed by atoms with Gasteiger partial charge in [0.15, 0.2) is 5.65 Å².